The van der Waals surface area contributed by atoms with E-state index in [4.69, 9.17) is 0 Å². The van der Waals surface area contributed by atoms with Crippen molar-refractivity contribution in [2.45, 2.75) is 12.8 Å². The zero-order chi connectivity index (χ0) is 12.2. The average Bonchev–Trinajstić information content (AvgIpc) is 3.09. The molecular weight excluding hydrogens is 331 g/mol. The molecule has 1 aromatic carbocycles. The second kappa shape index (κ2) is 15.3. The van der Waals surface area contributed by atoms with Crippen LogP contribution in [-0.2, 0) is 26.2 Å². The molecule has 3 rings (SSSR count). The predicted molar refractivity (Wildman–Crippen MR) is 81.3 cm³/mol. The minimum atomic E-state index is 0. The number of hydrogen-bond acceptors (Lipinski definition) is 0. The Morgan fingerprint density at radius 2 is 1.32 bits per heavy atom. The fraction of sp³-hybridized carbons (Fsp3) is 0.118. The molecular formula is C17H18ClZr. The molecule has 1 radical (unpaired) electrons. The summed E-state index contributed by atoms with van der Waals surface area (Å²) in [5.74, 6) is 0. The summed E-state index contributed by atoms with van der Waals surface area (Å²) in [6.45, 7) is 3.72. The maximum absolute atomic E-state index is 3.72. The molecule has 0 fully saturated rings. The van der Waals surface area contributed by atoms with E-state index < -0.39 is 0 Å². The SMILES string of the molecule is Cl.[C-]1=CC=CC1.[C-]1=CC=CC1.[CH2-]c1ccccc1.[Zr+3]. The van der Waals surface area contributed by atoms with Gasteiger partial charge in [-0.25, -0.2) is 24.3 Å². The number of halogens is 1. The smallest absolute Gasteiger partial charge is 0.273 e. The van der Waals surface area contributed by atoms with Gasteiger partial charge in [-0.2, -0.15) is 36.8 Å². The molecule has 2 aliphatic carbocycles. The van der Waals surface area contributed by atoms with Crippen LogP contribution in [0.5, 0.6) is 0 Å². The molecule has 0 atom stereocenters. The van der Waals surface area contributed by atoms with E-state index in [2.05, 4.69) is 31.2 Å². The minimum absolute atomic E-state index is 0. The second-order valence-electron chi connectivity index (χ2n) is 3.49. The van der Waals surface area contributed by atoms with Gasteiger partial charge in [-0.3, -0.25) is 12.2 Å². The van der Waals surface area contributed by atoms with Crippen LogP contribution in [0.25, 0.3) is 0 Å². The van der Waals surface area contributed by atoms with E-state index in [0.29, 0.717) is 0 Å². The molecule has 0 aromatic heterocycles. The van der Waals surface area contributed by atoms with E-state index in [1.165, 1.54) is 0 Å². The van der Waals surface area contributed by atoms with Gasteiger partial charge in [0.1, 0.15) is 0 Å². The van der Waals surface area contributed by atoms with Gasteiger partial charge in [0.05, 0.1) is 0 Å². The van der Waals surface area contributed by atoms with Gasteiger partial charge in [-0.05, 0) is 0 Å². The predicted octanol–water partition coefficient (Wildman–Crippen LogP) is 4.90. The summed E-state index contributed by atoms with van der Waals surface area (Å²) in [5, 5.41) is 0. The zero-order valence-electron chi connectivity index (χ0n) is 10.9. The summed E-state index contributed by atoms with van der Waals surface area (Å²) in [5.41, 5.74) is 1.07. The Balaban J connectivity index is 0. The molecule has 0 heterocycles. The van der Waals surface area contributed by atoms with Gasteiger partial charge < -0.3 is 0 Å². The van der Waals surface area contributed by atoms with Crippen LogP contribution < -0.4 is 0 Å². The molecule has 0 spiro atoms. The maximum Gasteiger partial charge on any atom is 3.00 e. The van der Waals surface area contributed by atoms with Crippen LogP contribution in [-0.4, -0.2) is 0 Å². The fourth-order valence-electron chi connectivity index (χ4n) is 1.16. The monoisotopic (exact) mass is 347 g/mol. The van der Waals surface area contributed by atoms with Crippen molar-refractivity contribution in [2.24, 2.45) is 0 Å². The third-order valence-electron chi connectivity index (χ3n) is 2.01. The molecule has 97 valence electrons. The molecule has 0 aliphatic heterocycles. The van der Waals surface area contributed by atoms with Crippen LogP contribution in [0.3, 0.4) is 0 Å². The van der Waals surface area contributed by atoms with Crippen molar-refractivity contribution in [3.05, 3.63) is 91.4 Å². The largest absolute Gasteiger partial charge is 3.00 e. The van der Waals surface area contributed by atoms with Crippen LogP contribution in [0.15, 0.2) is 66.8 Å². The third kappa shape index (κ3) is 13.5. The molecule has 0 nitrogen and oxygen atoms in total. The molecule has 0 N–H and O–H groups in total. The van der Waals surface area contributed by atoms with E-state index in [1.807, 2.05) is 54.6 Å². The van der Waals surface area contributed by atoms with E-state index >= 15 is 0 Å². The topological polar surface area (TPSA) is 0 Å². The zero-order valence-corrected chi connectivity index (χ0v) is 14.2. The summed E-state index contributed by atoms with van der Waals surface area (Å²) >= 11 is 0. The Labute approximate surface area is 142 Å². The molecule has 2 heteroatoms. The summed E-state index contributed by atoms with van der Waals surface area (Å²) in [7, 11) is 0. The quantitative estimate of drug-likeness (QED) is 0.585. The average molecular weight is 349 g/mol. The Hall–Kier alpha value is -0.777. The summed E-state index contributed by atoms with van der Waals surface area (Å²) in [4.78, 5) is 0. The van der Waals surface area contributed by atoms with E-state index in [0.717, 1.165) is 18.4 Å². The molecule has 1 aromatic rings. The maximum atomic E-state index is 3.72. The Morgan fingerprint density at radius 1 is 0.842 bits per heavy atom. The number of benzene rings is 1. The van der Waals surface area contributed by atoms with E-state index in [-0.39, 0.29) is 38.6 Å². The van der Waals surface area contributed by atoms with Crippen molar-refractivity contribution >= 4 is 12.4 Å². The van der Waals surface area contributed by atoms with Gasteiger partial charge >= 0.3 is 26.2 Å². The number of rotatable bonds is 0. The van der Waals surface area contributed by atoms with Crippen molar-refractivity contribution in [1.29, 1.82) is 0 Å². The van der Waals surface area contributed by atoms with E-state index in [1.54, 1.807) is 0 Å². The first-order chi connectivity index (χ1) is 8.39. The van der Waals surface area contributed by atoms with Crippen LogP contribution >= 0.6 is 12.4 Å². The molecule has 2 aliphatic rings. The van der Waals surface area contributed by atoms with Crippen LogP contribution in [0.2, 0.25) is 0 Å². The second-order valence-corrected chi connectivity index (χ2v) is 3.49. The minimum Gasteiger partial charge on any atom is -0.273 e. The van der Waals surface area contributed by atoms with Crippen molar-refractivity contribution in [3.63, 3.8) is 0 Å². The summed E-state index contributed by atoms with van der Waals surface area (Å²) < 4.78 is 0. The number of hydrogen-bond donors (Lipinski definition) is 0. The Bertz CT molecular complexity index is 361. The fourth-order valence-corrected chi connectivity index (χ4v) is 1.16. The van der Waals surface area contributed by atoms with Crippen LogP contribution in [0.1, 0.15) is 18.4 Å². The normalized spacial score (nSPS) is 12.4. The molecule has 19 heavy (non-hydrogen) atoms. The first kappa shape index (κ1) is 20.5. The first-order valence-electron chi connectivity index (χ1n) is 5.70. The van der Waals surface area contributed by atoms with Crippen molar-refractivity contribution in [1.82, 2.24) is 0 Å². The molecule has 0 unspecified atom stereocenters. The van der Waals surface area contributed by atoms with Crippen molar-refractivity contribution in [3.8, 4) is 0 Å². The van der Waals surface area contributed by atoms with Crippen LogP contribution in [0.4, 0.5) is 0 Å². The van der Waals surface area contributed by atoms with Gasteiger partial charge in [0.15, 0.2) is 0 Å². The van der Waals surface area contributed by atoms with E-state index in [9.17, 15) is 0 Å². The molecule has 0 bridgehead atoms. The van der Waals surface area contributed by atoms with Crippen molar-refractivity contribution < 1.29 is 26.2 Å². The van der Waals surface area contributed by atoms with Gasteiger partial charge in [-0.15, -0.1) is 37.4 Å². The van der Waals surface area contributed by atoms with Gasteiger partial charge in [0.2, 0.25) is 0 Å². The summed E-state index contributed by atoms with van der Waals surface area (Å²) in [6.07, 6.45) is 20.0. The number of allylic oxidation sites excluding steroid dienone is 8. The first-order valence-corrected chi connectivity index (χ1v) is 5.70. The molecule has 0 saturated carbocycles. The van der Waals surface area contributed by atoms with Crippen molar-refractivity contribution in [2.75, 3.05) is 0 Å². The Morgan fingerprint density at radius 3 is 1.47 bits per heavy atom. The van der Waals surface area contributed by atoms with Gasteiger partial charge in [0, 0.05) is 0 Å². The standard InChI is InChI=1S/C7H7.2C5H5.ClH.Zr/c1-7-5-3-2-4-6-7;2*1-2-4-5-3-1;;/h2-6H,1H2;2*1-3H,4H2;1H;/q3*-1;;+3. The molecule has 0 saturated heterocycles. The Kier molecular flexibility index (Phi) is 16.5. The third-order valence-corrected chi connectivity index (χ3v) is 2.01. The summed E-state index contributed by atoms with van der Waals surface area (Å²) in [6, 6.07) is 9.87. The van der Waals surface area contributed by atoms with Gasteiger partial charge in [0.25, 0.3) is 0 Å². The molecule has 0 amide bonds. The van der Waals surface area contributed by atoms with Crippen LogP contribution in [0, 0.1) is 19.1 Å². The van der Waals surface area contributed by atoms with Gasteiger partial charge in [-0.1, -0.05) is 6.07 Å².